The summed E-state index contributed by atoms with van der Waals surface area (Å²) in [5.74, 6) is -0.924. The number of oxazole rings is 1. The van der Waals surface area contributed by atoms with Crippen LogP contribution in [0.5, 0.6) is 5.75 Å². The summed E-state index contributed by atoms with van der Waals surface area (Å²) in [6.45, 7) is 0. The quantitative estimate of drug-likeness (QED) is 0.661. The van der Waals surface area contributed by atoms with E-state index in [0.717, 1.165) is 0 Å². The molecule has 0 spiro atoms. The monoisotopic (exact) mass is 177 g/mol. The fraction of sp³-hybridized carbons (Fsp3) is 0. The molecule has 0 fully saturated rings. The molecule has 3 N–H and O–H groups in total. The summed E-state index contributed by atoms with van der Waals surface area (Å²) in [6, 6.07) is 2.63. The molecule has 1 aromatic heterocycles. The lowest BCUT2D eigenvalue weighted by Crippen LogP contribution is -2.10. The average Bonchev–Trinajstić information content (AvgIpc) is 2.48. The van der Waals surface area contributed by atoms with Gasteiger partial charge in [0.05, 0.1) is 5.56 Å². The van der Waals surface area contributed by atoms with Gasteiger partial charge in [0, 0.05) is 6.07 Å². The molecule has 65 valence electrons. The molecule has 0 aliphatic heterocycles. The van der Waals surface area contributed by atoms with Gasteiger partial charge in [0.15, 0.2) is 5.58 Å². The van der Waals surface area contributed by atoms with E-state index in [0.29, 0.717) is 11.1 Å². The third-order valence-electron chi connectivity index (χ3n) is 1.66. The van der Waals surface area contributed by atoms with Crippen LogP contribution < -0.4 is 5.73 Å². The van der Waals surface area contributed by atoms with E-state index in [-0.39, 0.29) is 11.3 Å². The van der Waals surface area contributed by atoms with Crippen LogP contribution in [0.3, 0.4) is 0 Å². The minimum absolute atomic E-state index is 0.0230. The normalized spacial score (nSPS) is 10.5. The molecular formula is C8H5N2O3. The van der Waals surface area contributed by atoms with Crippen molar-refractivity contribution in [2.24, 2.45) is 5.73 Å². The Kier molecular flexibility index (Phi) is 1.45. The minimum Gasteiger partial charge on any atom is -0.507 e. The average molecular weight is 177 g/mol. The molecule has 1 amide bonds. The van der Waals surface area contributed by atoms with Gasteiger partial charge in [0.2, 0.25) is 0 Å². The number of hydrogen-bond acceptors (Lipinski definition) is 4. The number of fused-ring (bicyclic) bond motifs is 1. The highest BCUT2D eigenvalue weighted by molar-refractivity contribution is 5.98. The number of nitrogens with zero attached hydrogens (tertiary/aromatic N) is 1. The molecule has 0 bridgehead atoms. The number of aromatic nitrogens is 1. The summed E-state index contributed by atoms with van der Waals surface area (Å²) in [4.78, 5) is 14.5. The smallest absolute Gasteiger partial charge is 0.284 e. The number of phenols is 1. The maximum Gasteiger partial charge on any atom is 0.284 e. The van der Waals surface area contributed by atoms with Crippen LogP contribution in [0.25, 0.3) is 11.1 Å². The zero-order valence-corrected chi connectivity index (χ0v) is 6.44. The topological polar surface area (TPSA) is 89.4 Å². The highest BCUT2D eigenvalue weighted by Crippen LogP contribution is 2.23. The number of nitrogens with two attached hydrogens (primary N) is 1. The fourth-order valence-corrected chi connectivity index (χ4v) is 1.05. The predicted octanol–water partition coefficient (Wildman–Crippen LogP) is 0.432. The molecule has 0 saturated carbocycles. The van der Waals surface area contributed by atoms with E-state index >= 15 is 0 Å². The number of carbonyl (C=O) groups is 1. The van der Waals surface area contributed by atoms with Crippen LogP contribution in [0.4, 0.5) is 0 Å². The van der Waals surface area contributed by atoms with E-state index in [1.165, 1.54) is 12.1 Å². The first-order valence-corrected chi connectivity index (χ1v) is 3.48. The van der Waals surface area contributed by atoms with Crippen molar-refractivity contribution in [3.8, 4) is 5.75 Å². The van der Waals surface area contributed by atoms with Crippen molar-refractivity contribution in [2.45, 2.75) is 0 Å². The lowest BCUT2D eigenvalue weighted by Gasteiger charge is -1.97. The minimum atomic E-state index is -0.706. The maximum atomic E-state index is 10.8. The predicted molar refractivity (Wildman–Crippen MR) is 43.0 cm³/mol. The highest BCUT2D eigenvalue weighted by Gasteiger charge is 2.10. The molecule has 2 rings (SSSR count). The largest absolute Gasteiger partial charge is 0.507 e. The van der Waals surface area contributed by atoms with Gasteiger partial charge in [-0.2, -0.15) is 0 Å². The van der Waals surface area contributed by atoms with E-state index in [1.807, 2.05) is 0 Å². The Morgan fingerprint density at radius 1 is 1.62 bits per heavy atom. The van der Waals surface area contributed by atoms with Crippen molar-refractivity contribution in [1.29, 1.82) is 0 Å². The van der Waals surface area contributed by atoms with E-state index in [9.17, 15) is 9.90 Å². The molecule has 5 nitrogen and oxygen atoms in total. The van der Waals surface area contributed by atoms with Crippen LogP contribution in [0.2, 0.25) is 0 Å². The first-order chi connectivity index (χ1) is 6.18. The Morgan fingerprint density at radius 2 is 2.38 bits per heavy atom. The van der Waals surface area contributed by atoms with Gasteiger partial charge in [-0.15, -0.1) is 0 Å². The van der Waals surface area contributed by atoms with Gasteiger partial charge in [-0.05, 0) is 6.07 Å². The molecule has 0 saturated heterocycles. The molecule has 0 aliphatic rings. The summed E-state index contributed by atoms with van der Waals surface area (Å²) in [5, 5.41) is 9.29. The third kappa shape index (κ3) is 1.10. The van der Waals surface area contributed by atoms with E-state index < -0.39 is 5.91 Å². The fourth-order valence-electron chi connectivity index (χ4n) is 1.05. The van der Waals surface area contributed by atoms with Crippen molar-refractivity contribution >= 4 is 17.0 Å². The number of rotatable bonds is 1. The van der Waals surface area contributed by atoms with Gasteiger partial charge < -0.3 is 15.3 Å². The molecule has 13 heavy (non-hydrogen) atoms. The SMILES string of the molecule is NC(=O)c1cc2n[c]oc2cc1O. The number of primary amides is 1. The second-order valence-corrected chi connectivity index (χ2v) is 2.51. The number of carbonyl (C=O) groups excluding carboxylic acids is 1. The van der Waals surface area contributed by atoms with E-state index in [4.69, 9.17) is 10.2 Å². The summed E-state index contributed by atoms with van der Waals surface area (Å²) in [7, 11) is 0. The second-order valence-electron chi connectivity index (χ2n) is 2.51. The van der Waals surface area contributed by atoms with Gasteiger partial charge in [0.1, 0.15) is 11.3 Å². The highest BCUT2D eigenvalue weighted by atomic mass is 16.3. The number of hydrogen-bond donors (Lipinski definition) is 2. The van der Waals surface area contributed by atoms with Crippen LogP contribution in [0.1, 0.15) is 10.4 Å². The van der Waals surface area contributed by atoms with Crippen LogP contribution in [0.15, 0.2) is 16.5 Å². The van der Waals surface area contributed by atoms with Gasteiger partial charge in [-0.25, -0.2) is 4.98 Å². The first kappa shape index (κ1) is 7.60. The zero-order valence-electron chi connectivity index (χ0n) is 6.44. The van der Waals surface area contributed by atoms with Crippen LogP contribution >= 0.6 is 0 Å². The molecular weight excluding hydrogens is 172 g/mol. The van der Waals surface area contributed by atoms with Gasteiger partial charge in [0.25, 0.3) is 12.3 Å². The number of aromatic hydroxyl groups is 1. The maximum absolute atomic E-state index is 10.8. The Hall–Kier alpha value is -2.04. The van der Waals surface area contributed by atoms with Crippen molar-refractivity contribution in [3.63, 3.8) is 0 Å². The Bertz CT molecular complexity index is 475. The molecule has 1 heterocycles. The van der Waals surface area contributed by atoms with Gasteiger partial charge in [-0.1, -0.05) is 0 Å². The lowest BCUT2D eigenvalue weighted by molar-refractivity contribution is 0.0998. The van der Waals surface area contributed by atoms with E-state index in [2.05, 4.69) is 11.4 Å². The summed E-state index contributed by atoms with van der Waals surface area (Å²) in [5.41, 5.74) is 5.83. The Morgan fingerprint density at radius 3 is 3.08 bits per heavy atom. The van der Waals surface area contributed by atoms with Crippen LogP contribution in [-0.4, -0.2) is 16.0 Å². The van der Waals surface area contributed by atoms with Gasteiger partial charge >= 0.3 is 0 Å². The Labute approximate surface area is 72.8 Å². The molecule has 0 aliphatic carbocycles. The zero-order chi connectivity index (χ0) is 9.42. The summed E-state index contributed by atoms with van der Waals surface area (Å²) < 4.78 is 4.79. The first-order valence-electron chi connectivity index (χ1n) is 3.48. The van der Waals surface area contributed by atoms with Gasteiger partial charge in [-0.3, -0.25) is 4.79 Å². The molecule has 0 atom stereocenters. The standard InChI is InChI=1S/C8H5N2O3/c9-8(12)4-1-5-7(2-6(4)11)13-3-10-5/h1-2,11H,(H2,9,12). The van der Waals surface area contributed by atoms with Crippen LogP contribution in [0, 0.1) is 6.39 Å². The molecule has 1 radical (unpaired) electrons. The third-order valence-corrected chi connectivity index (χ3v) is 1.66. The molecule has 5 heteroatoms. The van der Waals surface area contributed by atoms with Crippen LogP contribution in [-0.2, 0) is 0 Å². The van der Waals surface area contributed by atoms with Crippen molar-refractivity contribution in [1.82, 2.24) is 4.98 Å². The number of benzene rings is 1. The summed E-state index contributed by atoms with van der Waals surface area (Å²) in [6.07, 6.45) is 2.24. The van der Waals surface area contributed by atoms with E-state index in [1.54, 1.807) is 0 Å². The second kappa shape index (κ2) is 2.48. The molecule has 0 unspecified atom stereocenters. The molecule has 1 aromatic carbocycles. The Balaban J connectivity index is 2.76. The van der Waals surface area contributed by atoms with Crippen molar-refractivity contribution in [2.75, 3.05) is 0 Å². The summed E-state index contributed by atoms with van der Waals surface area (Å²) >= 11 is 0. The number of amides is 1. The van der Waals surface area contributed by atoms with Crippen molar-refractivity contribution < 1.29 is 14.3 Å². The lowest BCUT2D eigenvalue weighted by atomic mass is 10.2. The van der Waals surface area contributed by atoms with Crippen molar-refractivity contribution in [3.05, 3.63) is 24.1 Å². The molecule has 2 aromatic rings.